The predicted molar refractivity (Wildman–Crippen MR) is 99.3 cm³/mol. The first-order chi connectivity index (χ1) is 12.0. The second-order valence-electron chi connectivity index (χ2n) is 6.72. The Kier molecular flexibility index (Phi) is 5.00. The quantitative estimate of drug-likeness (QED) is 0.825. The number of hydrogen-bond acceptors (Lipinski definition) is 4. The number of methoxy groups -OCH3 is 1. The van der Waals surface area contributed by atoms with Gasteiger partial charge in [0.25, 0.3) is 0 Å². The Labute approximate surface area is 149 Å². The van der Waals surface area contributed by atoms with Crippen molar-refractivity contribution in [2.24, 2.45) is 11.1 Å². The fourth-order valence-corrected chi connectivity index (χ4v) is 6.37. The van der Waals surface area contributed by atoms with Crippen molar-refractivity contribution in [2.75, 3.05) is 20.3 Å². The minimum Gasteiger partial charge on any atom is -0.384 e. The van der Waals surface area contributed by atoms with Crippen LogP contribution in [0.15, 0.2) is 59.5 Å². The van der Waals surface area contributed by atoms with Crippen LogP contribution in [0.4, 0.5) is 0 Å². The number of sulfone groups is 1. The SMILES string of the molecule is CCc1ccc([C@@H]2[C@H](S(=O)(=O)c3ccccc3)[C@@]2(CN)COC)cc1. The molecule has 0 aliphatic heterocycles. The number of benzene rings is 2. The van der Waals surface area contributed by atoms with E-state index in [4.69, 9.17) is 10.5 Å². The monoisotopic (exact) mass is 359 g/mol. The molecule has 0 aromatic heterocycles. The Morgan fingerprint density at radius 3 is 2.24 bits per heavy atom. The van der Waals surface area contributed by atoms with E-state index < -0.39 is 20.5 Å². The highest BCUT2D eigenvalue weighted by atomic mass is 32.2. The summed E-state index contributed by atoms with van der Waals surface area (Å²) in [6.07, 6.45) is 0.955. The summed E-state index contributed by atoms with van der Waals surface area (Å²) in [7, 11) is -1.88. The van der Waals surface area contributed by atoms with Crippen molar-refractivity contribution < 1.29 is 13.2 Å². The van der Waals surface area contributed by atoms with Gasteiger partial charge in [0.15, 0.2) is 9.84 Å². The largest absolute Gasteiger partial charge is 0.384 e. The lowest BCUT2D eigenvalue weighted by Gasteiger charge is -2.15. The van der Waals surface area contributed by atoms with Crippen molar-refractivity contribution in [3.8, 4) is 0 Å². The molecular weight excluding hydrogens is 334 g/mol. The molecule has 3 atom stereocenters. The zero-order valence-electron chi connectivity index (χ0n) is 14.7. The summed E-state index contributed by atoms with van der Waals surface area (Å²) in [6, 6.07) is 16.8. The molecule has 1 fully saturated rings. The molecule has 0 spiro atoms. The normalized spacial score (nSPS) is 25.7. The van der Waals surface area contributed by atoms with Crippen molar-refractivity contribution in [1.82, 2.24) is 0 Å². The lowest BCUT2D eigenvalue weighted by Crippen LogP contribution is -2.28. The third-order valence-electron chi connectivity index (χ3n) is 5.33. The van der Waals surface area contributed by atoms with E-state index in [-0.39, 0.29) is 12.5 Å². The van der Waals surface area contributed by atoms with Crippen LogP contribution < -0.4 is 5.73 Å². The van der Waals surface area contributed by atoms with Crippen molar-refractivity contribution in [1.29, 1.82) is 0 Å². The number of nitrogens with two attached hydrogens (primary N) is 1. The standard InChI is InChI=1S/C20H25NO3S/c1-3-15-9-11-16(12-10-15)18-19(20(18,13-21)14-24-2)25(22,23)17-7-5-4-6-8-17/h4-12,18-19H,3,13-14,21H2,1-2H3/t18-,19+,20+/m1/s1. The average molecular weight is 359 g/mol. The molecule has 0 saturated heterocycles. The van der Waals surface area contributed by atoms with Gasteiger partial charge in [-0.05, 0) is 29.7 Å². The van der Waals surface area contributed by atoms with Crippen LogP contribution in [0.2, 0.25) is 0 Å². The van der Waals surface area contributed by atoms with Crippen molar-refractivity contribution in [3.63, 3.8) is 0 Å². The van der Waals surface area contributed by atoms with Crippen LogP contribution in [0.1, 0.15) is 24.0 Å². The van der Waals surface area contributed by atoms with Gasteiger partial charge in [-0.3, -0.25) is 0 Å². The third-order valence-corrected chi connectivity index (χ3v) is 7.67. The Morgan fingerprint density at radius 1 is 1.08 bits per heavy atom. The molecule has 2 N–H and O–H groups in total. The minimum absolute atomic E-state index is 0.145. The first-order valence-electron chi connectivity index (χ1n) is 8.58. The maximum absolute atomic E-state index is 13.2. The molecule has 2 aromatic rings. The fraction of sp³-hybridized carbons (Fsp3) is 0.400. The summed E-state index contributed by atoms with van der Waals surface area (Å²) in [5.74, 6) is -0.145. The topological polar surface area (TPSA) is 69.4 Å². The molecule has 0 heterocycles. The maximum Gasteiger partial charge on any atom is 0.182 e. The second kappa shape index (κ2) is 6.90. The van der Waals surface area contributed by atoms with Crippen LogP contribution in [0, 0.1) is 5.41 Å². The van der Waals surface area contributed by atoms with Crippen LogP contribution in [-0.2, 0) is 21.0 Å². The molecule has 1 aliphatic carbocycles. The van der Waals surface area contributed by atoms with Gasteiger partial charge in [-0.25, -0.2) is 8.42 Å². The van der Waals surface area contributed by atoms with Gasteiger partial charge in [0, 0.05) is 25.0 Å². The van der Waals surface area contributed by atoms with Crippen molar-refractivity contribution >= 4 is 9.84 Å². The Hall–Kier alpha value is -1.69. The molecule has 0 radical (unpaired) electrons. The average Bonchev–Trinajstić information content (AvgIpc) is 3.32. The number of rotatable bonds is 7. The highest BCUT2D eigenvalue weighted by Crippen LogP contribution is 2.63. The van der Waals surface area contributed by atoms with E-state index in [0.717, 1.165) is 12.0 Å². The molecule has 0 unspecified atom stereocenters. The van der Waals surface area contributed by atoms with E-state index in [1.54, 1.807) is 31.4 Å². The van der Waals surface area contributed by atoms with Gasteiger partial charge in [-0.1, -0.05) is 49.4 Å². The molecule has 3 rings (SSSR count). The molecule has 1 saturated carbocycles. The molecule has 1 aliphatic rings. The molecule has 2 aromatic carbocycles. The second-order valence-corrected chi connectivity index (χ2v) is 8.79. The van der Waals surface area contributed by atoms with Crippen LogP contribution >= 0.6 is 0 Å². The summed E-state index contributed by atoms with van der Waals surface area (Å²) in [5.41, 5.74) is 7.74. The summed E-state index contributed by atoms with van der Waals surface area (Å²) in [6.45, 7) is 2.71. The summed E-state index contributed by atoms with van der Waals surface area (Å²) >= 11 is 0. The van der Waals surface area contributed by atoms with E-state index in [1.807, 2.05) is 18.2 Å². The van der Waals surface area contributed by atoms with Gasteiger partial charge in [-0.15, -0.1) is 0 Å². The van der Waals surface area contributed by atoms with Gasteiger partial charge >= 0.3 is 0 Å². The van der Waals surface area contributed by atoms with E-state index in [1.165, 1.54) is 5.56 Å². The summed E-state index contributed by atoms with van der Waals surface area (Å²) in [4.78, 5) is 0.349. The maximum atomic E-state index is 13.2. The highest BCUT2D eigenvalue weighted by Gasteiger charge is 2.70. The molecule has 4 nitrogen and oxygen atoms in total. The Balaban J connectivity index is 2.03. The molecule has 0 amide bonds. The van der Waals surface area contributed by atoms with Crippen LogP contribution in [-0.4, -0.2) is 33.9 Å². The minimum atomic E-state index is -3.48. The Bertz CT molecular complexity index is 818. The van der Waals surface area contributed by atoms with Gasteiger partial charge in [-0.2, -0.15) is 0 Å². The van der Waals surface area contributed by atoms with Gasteiger partial charge in [0.2, 0.25) is 0 Å². The number of aryl methyl sites for hydroxylation is 1. The molecule has 134 valence electrons. The molecule has 5 heteroatoms. The van der Waals surface area contributed by atoms with Gasteiger partial charge in [0.05, 0.1) is 16.8 Å². The zero-order chi connectivity index (χ0) is 18.1. The number of hydrogen-bond donors (Lipinski definition) is 1. The lowest BCUT2D eigenvalue weighted by atomic mass is 9.99. The van der Waals surface area contributed by atoms with E-state index in [2.05, 4.69) is 19.1 Å². The predicted octanol–water partition coefficient (Wildman–Crippen LogP) is 2.78. The highest BCUT2D eigenvalue weighted by molar-refractivity contribution is 7.92. The van der Waals surface area contributed by atoms with Crippen LogP contribution in [0.3, 0.4) is 0 Å². The van der Waals surface area contributed by atoms with Gasteiger partial charge in [0.1, 0.15) is 0 Å². The molecule has 0 bridgehead atoms. The fourth-order valence-electron chi connectivity index (χ4n) is 3.91. The van der Waals surface area contributed by atoms with Crippen molar-refractivity contribution in [3.05, 3.63) is 65.7 Å². The van der Waals surface area contributed by atoms with Crippen molar-refractivity contribution in [2.45, 2.75) is 29.4 Å². The summed E-state index contributed by atoms with van der Waals surface area (Å²) < 4.78 is 31.9. The Morgan fingerprint density at radius 2 is 1.72 bits per heavy atom. The van der Waals surface area contributed by atoms with Crippen LogP contribution in [0.25, 0.3) is 0 Å². The third kappa shape index (κ3) is 3.01. The van der Waals surface area contributed by atoms with Gasteiger partial charge < -0.3 is 10.5 Å². The summed E-state index contributed by atoms with van der Waals surface area (Å²) in [5, 5.41) is -0.556. The van der Waals surface area contributed by atoms with Crippen LogP contribution in [0.5, 0.6) is 0 Å². The first kappa shape index (κ1) is 18.1. The zero-order valence-corrected chi connectivity index (χ0v) is 15.5. The molecular formula is C20H25NO3S. The first-order valence-corrected chi connectivity index (χ1v) is 10.1. The van der Waals surface area contributed by atoms with E-state index in [9.17, 15) is 8.42 Å². The smallest absolute Gasteiger partial charge is 0.182 e. The lowest BCUT2D eigenvalue weighted by molar-refractivity contribution is 0.142. The number of ether oxygens (including phenoxy) is 1. The van der Waals surface area contributed by atoms with E-state index >= 15 is 0 Å². The van der Waals surface area contributed by atoms with E-state index in [0.29, 0.717) is 11.5 Å². The molecule has 25 heavy (non-hydrogen) atoms.